The number of para-hydroxylation sites is 1. The molecule has 2 aromatic rings. The fraction of sp³-hybridized carbons (Fsp3) is 0.469. The van der Waals surface area contributed by atoms with Gasteiger partial charge in [0, 0.05) is 5.56 Å². The number of methoxy groups -OCH3 is 1. The van der Waals surface area contributed by atoms with Crippen molar-refractivity contribution in [3.05, 3.63) is 59.2 Å². The Morgan fingerprint density at radius 2 is 1.64 bits per heavy atom. The number of nitrogens with zero attached hydrogens (tertiary/aromatic N) is 1. The van der Waals surface area contributed by atoms with Crippen LogP contribution >= 0.6 is 0 Å². The number of carbonyl (C=O) groups is 3. The Kier molecular flexibility index (Phi) is 6.48. The molecule has 39 heavy (non-hydrogen) atoms. The summed E-state index contributed by atoms with van der Waals surface area (Å²) < 4.78 is 11.6. The number of barbiturate groups is 1. The quantitative estimate of drug-likeness (QED) is 0.352. The van der Waals surface area contributed by atoms with Crippen molar-refractivity contribution < 1.29 is 23.9 Å². The predicted molar refractivity (Wildman–Crippen MR) is 149 cm³/mol. The minimum absolute atomic E-state index is 0.0973. The second-order valence-electron chi connectivity index (χ2n) is 11.9. The van der Waals surface area contributed by atoms with Gasteiger partial charge < -0.3 is 9.47 Å². The molecule has 7 rings (SSSR count). The lowest BCUT2D eigenvalue weighted by atomic mass is 9.48. The molecule has 5 fully saturated rings. The highest BCUT2D eigenvalue weighted by Gasteiger charge is 2.51. The number of amides is 4. The summed E-state index contributed by atoms with van der Waals surface area (Å²) in [7, 11) is 1.54. The molecule has 7 heteroatoms. The molecule has 0 aromatic heterocycles. The topological polar surface area (TPSA) is 84.9 Å². The molecule has 1 aliphatic heterocycles. The number of hydrogen-bond acceptors (Lipinski definition) is 5. The average molecular weight is 529 g/mol. The summed E-state index contributed by atoms with van der Waals surface area (Å²) in [5.74, 6) is 2.04. The molecule has 4 amide bonds. The number of nitrogens with one attached hydrogen (secondary N) is 1. The lowest BCUT2D eigenvalue weighted by molar-refractivity contribution is -0.122. The van der Waals surface area contributed by atoms with Gasteiger partial charge in [-0.3, -0.25) is 14.9 Å². The summed E-state index contributed by atoms with van der Waals surface area (Å²) >= 11 is 0. The third-order valence-electron chi connectivity index (χ3n) is 9.30. The fourth-order valence-corrected chi connectivity index (χ4v) is 7.69. The molecule has 7 nitrogen and oxygen atoms in total. The summed E-state index contributed by atoms with van der Waals surface area (Å²) in [5, 5.41) is 2.34. The number of rotatable bonds is 7. The van der Waals surface area contributed by atoms with Crippen molar-refractivity contribution in [2.24, 2.45) is 17.8 Å². The maximum Gasteiger partial charge on any atom is 0.335 e. The summed E-state index contributed by atoms with van der Waals surface area (Å²) in [6, 6.07) is 12.4. The Morgan fingerprint density at radius 1 is 1.00 bits per heavy atom. The lowest BCUT2D eigenvalue weighted by Crippen LogP contribution is -2.54. The Labute approximate surface area is 229 Å². The standard InChI is InChI=1S/C32H36N2O5/c1-4-19(2)39-28-23(6-5-7-27(28)38-3)15-26-29(35)33-31(37)34(30(26)36)25-10-8-24(9-11-25)32-16-20-12-21(17-32)14-22(13-20)18-32/h5-11,15,19-22H,4,12-14,16-18H2,1-3H3,(H,33,35,37)/b26-15+/t19-,20?,21?,22?,32?/m0/s1. The summed E-state index contributed by atoms with van der Waals surface area (Å²) in [5.41, 5.74) is 2.37. The van der Waals surface area contributed by atoms with Gasteiger partial charge in [-0.1, -0.05) is 31.2 Å². The van der Waals surface area contributed by atoms with Crippen LogP contribution in [-0.2, 0) is 15.0 Å². The molecule has 1 heterocycles. The monoisotopic (exact) mass is 528 g/mol. The Bertz CT molecular complexity index is 1310. The van der Waals surface area contributed by atoms with E-state index in [-0.39, 0.29) is 17.1 Å². The van der Waals surface area contributed by atoms with E-state index in [9.17, 15) is 14.4 Å². The average Bonchev–Trinajstić information content (AvgIpc) is 2.91. The van der Waals surface area contributed by atoms with Gasteiger partial charge in [-0.05, 0) is 105 Å². The summed E-state index contributed by atoms with van der Waals surface area (Å²) in [6.45, 7) is 3.95. The molecule has 0 radical (unpaired) electrons. The third kappa shape index (κ3) is 4.52. The van der Waals surface area contributed by atoms with E-state index in [2.05, 4.69) is 17.4 Å². The summed E-state index contributed by atoms with van der Waals surface area (Å²) in [6.07, 6.45) is 10.00. The van der Waals surface area contributed by atoms with Gasteiger partial charge in [0.1, 0.15) is 5.57 Å². The second kappa shape index (κ2) is 9.85. The van der Waals surface area contributed by atoms with Crippen LogP contribution in [0.2, 0.25) is 0 Å². The highest BCUT2D eigenvalue weighted by Crippen LogP contribution is 2.60. The minimum Gasteiger partial charge on any atom is -0.493 e. The fourth-order valence-electron chi connectivity index (χ4n) is 7.69. The number of carbonyl (C=O) groups excluding carboxylic acids is 3. The number of imide groups is 2. The first kappa shape index (κ1) is 25.7. The number of anilines is 1. The van der Waals surface area contributed by atoms with Crippen LogP contribution in [0.5, 0.6) is 11.5 Å². The zero-order chi connectivity index (χ0) is 27.3. The maximum atomic E-state index is 13.6. The van der Waals surface area contributed by atoms with Crippen LogP contribution in [0, 0.1) is 17.8 Å². The van der Waals surface area contributed by atoms with Crippen LogP contribution in [0.3, 0.4) is 0 Å². The minimum atomic E-state index is -0.744. The van der Waals surface area contributed by atoms with Gasteiger partial charge in [-0.2, -0.15) is 0 Å². The molecule has 0 spiro atoms. The van der Waals surface area contributed by atoms with E-state index in [4.69, 9.17) is 9.47 Å². The van der Waals surface area contributed by atoms with Crippen molar-refractivity contribution in [2.75, 3.05) is 12.0 Å². The van der Waals surface area contributed by atoms with Crippen LogP contribution in [0.25, 0.3) is 6.08 Å². The first-order valence-corrected chi connectivity index (χ1v) is 14.2. The zero-order valence-corrected chi connectivity index (χ0v) is 22.9. The van der Waals surface area contributed by atoms with Gasteiger partial charge in [-0.15, -0.1) is 0 Å². The molecular formula is C32H36N2O5. The molecule has 1 saturated heterocycles. The number of benzene rings is 2. The molecule has 2 aromatic carbocycles. The molecule has 5 aliphatic rings. The molecule has 4 saturated carbocycles. The third-order valence-corrected chi connectivity index (χ3v) is 9.30. The normalized spacial score (nSPS) is 29.5. The van der Waals surface area contributed by atoms with Crippen LogP contribution < -0.4 is 19.7 Å². The number of ether oxygens (including phenoxy) is 2. The van der Waals surface area contributed by atoms with Crippen LogP contribution in [-0.4, -0.2) is 31.1 Å². The molecule has 1 atom stereocenters. The molecule has 4 aliphatic carbocycles. The Morgan fingerprint density at radius 3 is 2.23 bits per heavy atom. The molecule has 204 valence electrons. The van der Waals surface area contributed by atoms with Gasteiger partial charge in [0.25, 0.3) is 11.8 Å². The largest absolute Gasteiger partial charge is 0.493 e. The van der Waals surface area contributed by atoms with E-state index >= 15 is 0 Å². The van der Waals surface area contributed by atoms with E-state index in [0.29, 0.717) is 22.7 Å². The highest BCUT2D eigenvalue weighted by molar-refractivity contribution is 6.39. The van der Waals surface area contributed by atoms with Crippen molar-refractivity contribution in [3.8, 4) is 11.5 Å². The van der Waals surface area contributed by atoms with Crippen molar-refractivity contribution >= 4 is 29.6 Å². The van der Waals surface area contributed by atoms with Gasteiger partial charge >= 0.3 is 6.03 Å². The molecule has 4 bridgehead atoms. The van der Waals surface area contributed by atoms with Crippen LogP contribution in [0.15, 0.2) is 48.0 Å². The molecule has 0 unspecified atom stereocenters. The SMILES string of the molecule is CC[C@H](C)Oc1c(/C=C2\C(=O)NC(=O)N(c3ccc(C45CC6CC(CC(C6)C4)C5)cc3)C2=O)cccc1OC. The number of hydrogen-bond donors (Lipinski definition) is 1. The van der Waals surface area contributed by atoms with E-state index in [0.717, 1.165) is 29.1 Å². The van der Waals surface area contributed by atoms with Gasteiger partial charge in [-0.25, -0.2) is 9.69 Å². The number of urea groups is 1. The maximum absolute atomic E-state index is 13.6. The first-order valence-electron chi connectivity index (χ1n) is 14.2. The molecule has 1 N–H and O–H groups in total. The van der Waals surface area contributed by atoms with Crippen molar-refractivity contribution in [2.45, 2.75) is 70.3 Å². The Balaban J connectivity index is 1.30. The van der Waals surface area contributed by atoms with Gasteiger partial charge in [0.15, 0.2) is 11.5 Å². The Hall–Kier alpha value is -3.61. The van der Waals surface area contributed by atoms with E-state index in [1.807, 2.05) is 26.0 Å². The van der Waals surface area contributed by atoms with Crippen molar-refractivity contribution in [3.63, 3.8) is 0 Å². The van der Waals surface area contributed by atoms with E-state index < -0.39 is 17.8 Å². The molecular weight excluding hydrogens is 492 g/mol. The smallest absolute Gasteiger partial charge is 0.335 e. The van der Waals surface area contributed by atoms with E-state index in [1.165, 1.54) is 50.2 Å². The van der Waals surface area contributed by atoms with Crippen LogP contribution in [0.1, 0.15) is 69.9 Å². The van der Waals surface area contributed by atoms with Crippen molar-refractivity contribution in [1.29, 1.82) is 0 Å². The van der Waals surface area contributed by atoms with Gasteiger partial charge in [0.2, 0.25) is 0 Å². The second-order valence-corrected chi connectivity index (χ2v) is 11.9. The highest BCUT2D eigenvalue weighted by atomic mass is 16.5. The lowest BCUT2D eigenvalue weighted by Gasteiger charge is -2.57. The van der Waals surface area contributed by atoms with Crippen molar-refractivity contribution in [1.82, 2.24) is 5.32 Å². The van der Waals surface area contributed by atoms with Crippen LogP contribution in [0.4, 0.5) is 10.5 Å². The predicted octanol–water partition coefficient (Wildman–Crippen LogP) is 6.01. The first-order chi connectivity index (χ1) is 18.8. The van der Waals surface area contributed by atoms with Gasteiger partial charge in [0.05, 0.1) is 18.9 Å². The van der Waals surface area contributed by atoms with E-state index in [1.54, 1.807) is 25.3 Å². The zero-order valence-electron chi connectivity index (χ0n) is 22.9. The summed E-state index contributed by atoms with van der Waals surface area (Å²) in [4.78, 5) is 40.4.